The van der Waals surface area contributed by atoms with Gasteiger partial charge in [0.15, 0.2) is 0 Å². The first kappa shape index (κ1) is 10.8. The summed E-state index contributed by atoms with van der Waals surface area (Å²) < 4.78 is 4.80. The van der Waals surface area contributed by atoms with Crippen molar-refractivity contribution in [3.63, 3.8) is 0 Å². The summed E-state index contributed by atoms with van der Waals surface area (Å²) in [6.07, 6.45) is 0. The van der Waals surface area contributed by atoms with Gasteiger partial charge >= 0.3 is 5.97 Å². The third-order valence-corrected chi connectivity index (χ3v) is 2.03. The molecule has 14 heavy (non-hydrogen) atoms. The van der Waals surface area contributed by atoms with Crippen LogP contribution in [0.25, 0.3) is 0 Å². The van der Waals surface area contributed by atoms with Crippen LogP contribution < -0.4 is 0 Å². The lowest BCUT2D eigenvalue weighted by Crippen LogP contribution is -2.04. The largest absolute Gasteiger partial charge is 0.505 e. The van der Waals surface area contributed by atoms with E-state index in [-0.39, 0.29) is 17.2 Å². The van der Waals surface area contributed by atoms with Gasteiger partial charge in [-0.1, -0.05) is 17.7 Å². The highest BCUT2D eigenvalue weighted by Gasteiger charge is 2.17. The highest BCUT2D eigenvalue weighted by molar-refractivity contribution is 6.32. The van der Waals surface area contributed by atoms with Crippen molar-refractivity contribution in [3.8, 4) is 5.75 Å². The summed E-state index contributed by atoms with van der Waals surface area (Å²) in [6, 6.07) is 2.94. The fourth-order valence-corrected chi connectivity index (χ4v) is 1.28. The van der Waals surface area contributed by atoms with E-state index in [0.29, 0.717) is 5.56 Å². The van der Waals surface area contributed by atoms with Crippen LogP contribution in [0.3, 0.4) is 0 Å². The normalized spacial score (nSPS) is 10.1. The van der Waals surface area contributed by atoms with Gasteiger partial charge in [0.05, 0.1) is 11.6 Å². The third-order valence-electron chi connectivity index (χ3n) is 1.73. The van der Waals surface area contributed by atoms with Gasteiger partial charge in [-0.05, 0) is 11.6 Å². The molecule has 1 aromatic carbocycles. The minimum atomic E-state index is -1.22. The molecule has 1 rings (SSSR count). The van der Waals surface area contributed by atoms with Crippen LogP contribution in [0.1, 0.15) is 15.9 Å². The second-order valence-corrected chi connectivity index (χ2v) is 3.08. The minimum Gasteiger partial charge on any atom is -0.505 e. The van der Waals surface area contributed by atoms with Gasteiger partial charge < -0.3 is 14.9 Å². The van der Waals surface area contributed by atoms with Gasteiger partial charge in [-0.3, -0.25) is 0 Å². The quantitative estimate of drug-likeness (QED) is 0.810. The molecule has 0 aromatic heterocycles. The Bertz CT molecular complexity index is 362. The van der Waals surface area contributed by atoms with Gasteiger partial charge in [-0.15, -0.1) is 0 Å². The van der Waals surface area contributed by atoms with Gasteiger partial charge in [-0.2, -0.15) is 0 Å². The first-order valence-corrected chi connectivity index (χ1v) is 4.18. The molecular formula is C9H9ClO4. The van der Waals surface area contributed by atoms with Crippen molar-refractivity contribution >= 4 is 17.6 Å². The summed E-state index contributed by atoms with van der Waals surface area (Å²) in [7, 11) is 1.44. The highest BCUT2D eigenvalue weighted by atomic mass is 35.5. The Kier molecular flexibility index (Phi) is 3.33. The number of carboxylic acid groups (broad SMARTS) is 1. The molecule has 0 aliphatic carbocycles. The molecule has 0 unspecified atom stereocenters. The van der Waals surface area contributed by atoms with Crippen LogP contribution in [-0.4, -0.2) is 23.3 Å². The van der Waals surface area contributed by atoms with Crippen LogP contribution in [0.5, 0.6) is 5.75 Å². The summed E-state index contributed by atoms with van der Waals surface area (Å²) in [5.74, 6) is -1.65. The van der Waals surface area contributed by atoms with Crippen LogP contribution in [0.15, 0.2) is 12.1 Å². The molecule has 0 radical (unpaired) electrons. The summed E-state index contributed by atoms with van der Waals surface area (Å²) in [5.41, 5.74) is 0.182. The molecule has 1 aromatic rings. The topological polar surface area (TPSA) is 66.8 Å². The number of hydrogen-bond donors (Lipinski definition) is 2. The number of phenols is 1. The molecule has 0 saturated carbocycles. The van der Waals surface area contributed by atoms with Crippen molar-refractivity contribution in [2.24, 2.45) is 0 Å². The van der Waals surface area contributed by atoms with Crippen molar-refractivity contribution in [1.29, 1.82) is 0 Å². The zero-order chi connectivity index (χ0) is 10.7. The highest BCUT2D eigenvalue weighted by Crippen LogP contribution is 2.30. The van der Waals surface area contributed by atoms with Crippen LogP contribution in [-0.2, 0) is 11.3 Å². The predicted molar refractivity (Wildman–Crippen MR) is 50.8 cm³/mol. The summed E-state index contributed by atoms with van der Waals surface area (Å²) in [6.45, 7) is 0.117. The van der Waals surface area contributed by atoms with Gasteiger partial charge in [0.25, 0.3) is 0 Å². The van der Waals surface area contributed by atoms with Crippen LogP contribution in [0, 0.1) is 0 Å². The molecular weight excluding hydrogens is 208 g/mol. The average molecular weight is 217 g/mol. The van der Waals surface area contributed by atoms with Gasteiger partial charge in [0.1, 0.15) is 11.3 Å². The molecule has 0 aliphatic rings. The standard InChI is InChI=1S/C9H9ClO4/c1-14-4-5-2-3-6(10)8(11)7(5)9(12)13/h2-3,11H,4H2,1H3,(H,12,13). The van der Waals surface area contributed by atoms with Gasteiger partial charge in [0.2, 0.25) is 0 Å². The Morgan fingerprint density at radius 1 is 1.57 bits per heavy atom. The Hall–Kier alpha value is -1.26. The molecule has 4 nitrogen and oxygen atoms in total. The third kappa shape index (κ3) is 1.97. The van der Waals surface area contributed by atoms with Gasteiger partial charge in [-0.25, -0.2) is 4.79 Å². The van der Waals surface area contributed by atoms with E-state index in [9.17, 15) is 9.90 Å². The zero-order valence-electron chi connectivity index (χ0n) is 7.45. The second-order valence-electron chi connectivity index (χ2n) is 2.67. The predicted octanol–water partition coefficient (Wildman–Crippen LogP) is 1.89. The van der Waals surface area contributed by atoms with E-state index in [1.807, 2.05) is 0 Å². The molecule has 76 valence electrons. The maximum Gasteiger partial charge on any atom is 0.339 e. The summed E-state index contributed by atoms with van der Waals surface area (Å²) in [4.78, 5) is 10.8. The first-order chi connectivity index (χ1) is 6.57. The van der Waals surface area contributed by atoms with Gasteiger partial charge in [0, 0.05) is 7.11 Å². The number of aromatic carboxylic acids is 1. The SMILES string of the molecule is COCc1ccc(Cl)c(O)c1C(=O)O. The summed E-state index contributed by atoms with van der Waals surface area (Å²) >= 11 is 5.58. The smallest absolute Gasteiger partial charge is 0.339 e. The fraction of sp³-hybridized carbons (Fsp3) is 0.222. The molecule has 0 heterocycles. The molecule has 0 spiro atoms. The van der Waals surface area contributed by atoms with Crippen molar-refractivity contribution in [1.82, 2.24) is 0 Å². The maximum absolute atomic E-state index is 10.8. The van der Waals surface area contributed by atoms with E-state index in [1.54, 1.807) is 0 Å². The number of rotatable bonds is 3. The number of carboxylic acids is 1. The zero-order valence-corrected chi connectivity index (χ0v) is 8.21. The van der Waals surface area contributed by atoms with Crippen molar-refractivity contribution in [2.75, 3.05) is 7.11 Å². The Morgan fingerprint density at radius 3 is 2.71 bits per heavy atom. The van der Waals surface area contributed by atoms with E-state index < -0.39 is 11.7 Å². The van der Waals surface area contributed by atoms with Crippen molar-refractivity contribution in [2.45, 2.75) is 6.61 Å². The van der Waals surface area contributed by atoms with E-state index in [2.05, 4.69) is 0 Å². The molecule has 0 amide bonds. The monoisotopic (exact) mass is 216 g/mol. The molecule has 0 fully saturated rings. The molecule has 2 N–H and O–H groups in total. The fourth-order valence-electron chi connectivity index (χ4n) is 1.12. The first-order valence-electron chi connectivity index (χ1n) is 3.80. The van der Waals surface area contributed by atoms with E-state index >= 15 is 0 Å². The summed E-state index contributed by atoms with van der Waals surface area (Å²) in [5, 5.41) is 18.2. The van der Waals surface area contributed by atoms with E-state index in [4.69, 9.17) is 21.4 Å². The number of ether oxygens (including phenoxy) is 1. The van der Waals surface area contributed by atoms with E-state index in [0.717, 1.165) is 0 Å². The Balaban J connectivity index is 3.30. The Labute approximate surface area is 85.7 Å². The lowest BCUT2D eigenvalue weighted by atomic mass is 10.1. The molecule has 0 atom stereocenters. The van der Waals surface area contributed by atoms with E-state index in [1.165, 1.54) is 19.2 Å². The molecule has 5 heteroatoms. The molecule has 0 aliphatic heterocycles. The Morgan fingerprint density at radius 2 is 2.21 bits per heavy atom. The second kappa shape index (κ2) is 4.30. The molecule has 0 saturated heterocycles. The van der Waals surface area contributed by atoms with Crippen molar-refractivity contribution in [3.05, 3.63) is 28.3 Å². The van der Waals surface area contributed by atoms with Crippen LogP contribution >= 0.6 is 11.6 Å². The number of carbonyl (C=O) groups is 1. The average Bonchev–Trinajstić information content (AvgIpc) is 2.11. The van der Waals surface area contributed by atoms with Crippen molar-refractivity contribution < 1.29 is 19.7 Å². The molecule has 0 bridgehead atoms. The van der Waals surface area contributed by atoms with Crippen LogP contribution in [0.2, 0.25) is 5.02 Å². The van der Waals surface area contributed by atoms with Crippen LogP contribution in [0.4, 0.5) is 0 Å². The number of aromatic hydroxyl groups is 1. The minimum absolute atomic E-state index is 0.0160. The number of benzene rings is 1. The number of halogens is 1. The maximum atomic E-state index is 10.8. The number of hydrogen-bond acceptors (Lipinski definition) is 3. The lowest BCUT2D eigenvalue weighted by molar-refractivity contribution is 0.0688. The lowest BCUT2D eigenvalue weighted by Gasteiger charge is -2.07. The number of methoxy groups -OCH3 is 1.